The molecule has 1 unspecified atom stereocenters. The van der Waals surface area contributed by atoms with Gasteiger partial charge in [0.2, 0.25) is 5.82 Å². The lowest BCUT2D eigenvalue weighted by Crippen LogP contribution is -2.28. The van der Waals surface area contributed by atoms with Crippen LogP contribution in [0, 0.1) is 5.92 Å². The fourth-order valence-corrected chi connectivity index (χ4v) is 3.82. The zero-order valence-corrected chi connectivity index (χ0v) is 21.5. The first-order valence-corrected chi connectivity index (χ1v) is 12.4. The van der Waals surface area contributed by atoms with Gasteiger partial charge < -0.3 is 15.4 Å². The molecular formula is C28H31F3N4O3. The first-order chi connectivity index (χ1) is 18.1. The summed E-state index contributed by atoms with van der Waals surface area (Å²) in [5.41, 5.74) is 2.46. The maximum absolute atomic E-state index is 12.9. The van der Waals surface area contributed by atoms with Gasteiger partial charge in [0.25, 0.3) is 5.91 Å². The number of ether oxygens (including phenoxy) is 1. The Morgan fingerprint density at radius 2 is 1.53 bits per heavy atom. The maximum atomic E-state index is 12.9. The number of esters is 1. The summed E-state index contributed by atoms with van der Waals surface area (Å²) in [5.74, 6) is -0.525. The number of hydrogen-bond donors (Lipinski definition) is 2. The minimum atomic E-state index is -4.37. The zero-order chi connectivity index (χ0) is 27.7. The van der Waals surface area contributed by atoms with Crippen LogP contribution < -0.4 is 10.6 Å². The highest BCUT2D eigenvalue weighted by molar-refractivity contribution is 5.90. The summed E-state index contributed by atoms with van der Waals surface area (Å²) in [5, 5.41) is 5.99. The van der Waals surface area contributed by atoms with Crippen molar-refractivity contribution in [1.29, 1.82) is 0 Å². The second kappa shape index (κ2) is 13.0. The zero-order valence-electron chi connectivity index (χ0n) is 21.5. The Labute approximate surface area is 219 Å². The molecule has 0 aliphatic heterocycles. The van der Waals surface area contributed by atoms with Crippen LogP contribution in [0.25, 0.3) is 11.1 Å². The Kier molecular flexibility index (Phi) is 9.81. The van der Waals surface area contributed by atoms with Crippen LogP contribution in [-0.2, 0) is 15.7 Å². The van der Waals surface area contributed by atoms with E-state index >= 15 is 0 Å². The molecule has 2 N–H and O–H groups in total. The number of nitrogens with zero attached hydrogens (tertiary/aromatic N) is 2. The van der Waals surface area contributed by atoms with Crippen LogP contribution in [0.15, 0.2) is 60.9 Å². The average Bonchev–Trinajstić information content (AvgIpc) is 2.88. The largest absolute Gasteiger partial charge is 0.466 e. The van der Waals surface area contributed by atoms with Gasteiger partial charge in [0.15, 0.2) is 0 Å². The minimum Gasteiger partial charge on any atom is -0.466 e. The molecule has 0 radical (unpaired) electrons. The second-order valence-corrected chi connectivity index (χ2v) is 9.13. The smallest absolute Gasteiger partial charge is 0.416 e. The van der Waals surface area contributed by atoms with Crippen LogP contribution in [0.4, 0.5) is 18.9 Å². The fourth-order valence-electron chi connectivity index (χ4n) is 3.82. The number of alkyl halides is 3. The highest BCUT2D eigenvalue weighted by atomic mass is 19.4. The van der Waals surface area contributed by atoms with Crippen molar-refractivity contribution in [2.24, 2.45) is 5.92 Å². The van der Waals surface area contributed by atoms with E-state index in [1.807, 2.05) is 24.3 Å². The van der Waals surface area contributed by atoms with Gasteiger partial charge in [-0.2, -0.15) is 13.2 Å². The molecule has 3 aromatic rings. The van der Waals surface area contributed by atoms with Crippen LogP contribution in [0.2, 0.25) is 0 Å². The van der Waals surface area contributed by atoms with Crippen LogP contribution in [0.5, 0.6) is 0 Å². The second-order valence-electron chi connectivity index (χ2n) is 9.13. The lowest BCUT2D eigenvalue weighted by molar-refractivity contribution is -0.143. The summed E-state index contributed by atoms with van der Waals surface area (Å²) in [7, 11) is 0. The van der Waals surface area contributed by atoms with Gasteiger partial charge in [-0.15, -0.1) is 0 Å². The molecule has 0 aliphatic rings. The van der Waals surface area contributed by atoms with Crippen molar-refractivity contribution in [1.82, 2.24) is 15.3 Å². The van der Waals surface area contributed by atoms with E-state index in [2.05, 4.69) is 34.4 Å². The molecular weight excluding hydrogens is 497 g/mol. The summed E-state index contributed by atoms with van der Waals surface area (Å²) in [6, 6.07) is 12.7. The number of benzene rings is 2. The van der Waals surface area contributed by atoms with Gasteiger partial charge >= 0.3 is 12.1 Å². The average molecular weight is 529 g/mol. The predicted octanol–water partition coefficient (Wildman–Crippen LogP) is 6.04. The third kappa shape index (κ3) is 8.29. The van der Waals surface area contributed by atoms with Crippen LogP contribution >= 0.6 is 0 Å². The van der Waals surface area contributed by atoms with E-state index in [9.17, 15) is 22.8 Å². The molecule has 7 nitrogen and oxygen atoms in total. The predicted molar refractivity (Wildman–Crippen MR) is 138 cm³/mol. The van der Waals surface area contributed by atoms with Gasteiger partial charge in [0.05, 0.1) is 42.7 Å². The van der Waals surface area contributed by atoms with Gasteiger partial charge in [0, 0.05) is 6.54 Å². The van der Waals surface area contributed by atoms with E-state index < -0.39 is 23.6 Å². The SMILES string of the molecule is CCOC(=O)CCNC(=O)c1ncc(NC(CC(C)C)c2ccc(-c3ccc(C(F)(F)F)cc3)cc2)cn1. The van der Waals surface area contributed by atoms with Crippen LogP contribution in [0.1, 0.15) is 61.4 Å². The van der Waals surface area contributed by atoms with Gasteiger partial charge in [0.1, 0.15) is 0 Å². The molecule has 0 bridgehead atoms. The van der Waals surface area contributed by atoms with Crippen molar-refractivity contribution in [2.45, 2.75) is 45.8 Å². The third-order valence-corrected chi connectivity index (χ3v) is 5.68. The Morgan fingerprint density at radius 1 is 0.947 bits per heavy atom. The molecule has 10 heteroatoms. The van der Waals surface area contributed by atoms with E-state index in [4.69, 9.17) is 4.74 Å². The molecule has 1 atom stereocenters. The molecule has 2 aromatic carbocycles. The molecule has 202 valence electrons. The van der Waals surface area contributed by atoms with Crippen molar-refractivity contribution in [3.05, 3.63) is 77.9 Å². The van der Waals surface area contributed by atoms with Gasteiger partial charge in [-0.25, -0.2) is 9.97 Å². The number of aromatic nitrogens is 2. The number of amides is 1. The monoisotopic (exact) mass is 528 g/mol. The lowest BCUT2D eigenvalue weighted by atomic mass is 9.94. The highest BCUT2D eigenvalue weighted by Gasteiger charge is 2.30. The molecule has 1 heterocycles. The number of carbonyl (C=O) groups excluding carboxylic acids is 2. The number of anilines is 1. The topological polar surface area (TPSA) is 93.2 Å². The number of carbonyl (C=O) groups is 2. The first kappa shape index (κ1) is 28.6. The lowest BCUT2D eigenvalue weighted by Gasteiger charge is -2.22. The molecule has 3 rings (SSSR count). The summed E-state index contributed by atoms with van der Waals surface area (Å²) in [4.78, 5) is 31.9. The molecule has 0 aliphatic carbocycles. The molecule has 0 fully saturated rings. The van der Waals surface area contributed by atoms with E-state index in [1.54, 1.807) is 6.92 Å². The summed E-state index contributed by atoms with van der Waals surface area (Å²) in [6.07, 6.45) is -0.453. The molecule has 0 spiro atoms. The van der Waals surface area contributed by atoms with Crippen LogP contribution in [0.3, 0.4) is 0 Å². The Bertz CT molecular complexity index is 1200. The quantitative estimate of drug-likeness (QED) is 0.295. The summed E-state index contributed by atoms with van der Waals surface area (Å²) < 4.78 is 43.4. The van der Waals surface area contributed by atoms with Crippen LogP contribution in [-0.4, -0.2) is 35.0 Å². The van der Waals surface area contributed by atoms with Crippen molar-refractivity contribution in [3.63, 3.8) is 0 Å². The van der Waals surface area contributed by atoms with E-state index in [-0.39, 0.29) is 31.4 Å². The third-order valence-electron chi connectivity index (χ3n) is 5.68. The van der Waals surface area contributed by atoms with Crippen molar-refractivity contribution in [2.75, 3.05) is 18.5 Å². The number of halogens is 3. The highest BCUT2D eigenvalue weighted by Crippen LogP contribution is 2.32. The first-order valence-electron chi connectivity index (χ1n) is 12.4. The molecule has 38 heavy (non-hydrogen) atoms. The number of nitrogens with one attached hydrogen (secondary N) is 2. The number of hydrogen-bond acceptors (Lipinski definition) is 6. The molecule has 1 aromatic heterocycles. The van der Waals surface area contributed by atoms with E-state index in [0.29, 0.717) is 17.2 Å². The Morgan fingerprint density at radius 3 is 2.05 bits per heavy atom. The van der Waals surface area contributed by atoms with Crippen molar-refractivity contribution < 1.29 is 27.5 Å². The normalized spacial score (nSPS) is 12.2. The van der Waals surface area contributed by atoms with Crippen molar-refractivity contribution >= 4 is 17.6 Å². The van der Waals surface area contributed by atoms with Crippen molar-refractivity contribution in [3.8, 4) is 11.1 Å². The standard InChI is InChI=1S/C28H31F3N4O3/c1-4-38-25(36)13-14-32-27(37)26-33-16-23(17-34-26)35-24(15-18(2)3)21-7-5-19(6-8-21)20-9-11-22(12-10-20)28(29,30)31/h5-12,16-18,24,35H,4,13-15H2,1-3H3,(H,32,37). The van der Waals surface area contributed by atoms with Gasteiger partial charge in [-0.3, -0.25) is 9.59 Å². The maximum Gasteiger partial charge on any atom is 0.416 e. The van der Waals surface area contributed by atoms with E-state index in [1.165, 1.54) is 24.5 Å². The fraction of sp³-hybridized carbons (Fsp3) is 0.357. The Hall–Kier alpha value is -3.95. The molecule has 0 saturated heterocycles. The molecule has 1 amide bonds. The summed E-state index contributed by atoms with van der Waals surface area (Å²) in [6.45, 7) is 6.33. The molecule has 0 saturated carbocycles. The van der Waals surface area contributed by atoms with Gasteiger partial charge in [-0.1, -0.05) is 50.2 Å². The number of rotatable bonds is 11. The van der Waals surface area contributed by atoms with E-state index in [0.717, 1.165) is 29.7 Å². The van der Waals surface area contributed by atoms with Gasteiger partial charge in [-0.05, 0) is 48.1 Å². The minimum absolute atomic E-state index is 0.0132. The Balaban J connectivity index is 1.66. The summed E-state index contributed by atoms with van der Waals surface area (Å²) >= 11 is 0.